The van der Waals surface area contributed by atoms with Crippen LogP contribution < -0.4 is 0 Å². The van der Waals surface area contributed by atoms with E-state index in [1.165, 1.54) is 16.2 Å². The zero-order valence-corrected chi connectivity index (χ0v) is 18.4. The largest absolute Gasteiger partial charge is 0.269 e. The number of rotatable bonds is 4. The third kappa shape index (κ3) is 2.92. The number of nitrogens with zero attached hydrogens (tertiary/aromatic N) is 4. The summed E-state index contributed by atoms with van der Waals surface area (Å²) in [6.07, 6.45) is 5.64. The van der Waals surface area contributed by atoms with Crippen molar-refractivity contribution >= 4 is 21.1 Å². The van der Waals surface area contributed by atoms with E-state index in [2.05, 4.69) is 17.0 Å². The molecule has 0 saturated carbocycles. The molecule has 8 heteroatoms. The van der Waals surface area contributed by atoms with Crippen LogP contribution in [0, 0.1) is 12.7 Å². The normalized spacial score (nSPS) is 16.2. The molecule has 1 aliphatic carbocycles. The Kier molecular flexibility index (Phi) is 4.51. The van der Waals surface area contributed by atoms with Gasteiger partial charge < -0.3 is 0 Å². The molecule has 4 aromatic rings. The van der Waals surface area contributed by atoms with Crippen LogP contribution >= 0.6 is 0 Å². The van der Waals surface area contributed by atoms with Crippen molar-refractivity contribution in [3.8, 4) is 11.3 Å². The molecule has 0 amide bonds. The zero-order chi connectivity index (χ0) is 21.9. The minimum absolute atomic E-state index is 0.0652. The number of aromatic nitrogens is 4. The Hall–Kier alpha value is -3.00. The molecule has 1 aromatic carbocycles. The van der Waals surface area contributed by atoms with Crippen LogP contribution in [0.3, 0.4) is 0 Å². The molecular formula is C23H23FN4O2S. The molecule has 3 heterocycles. The van der Waals surface area contributed by atoms with E-state index in [4.69, 9.17) is 0 Å². The van der Waals surface area contributed by atoms with Crippen LogP contribution in [0.2, 0.25) is 0 Å². The molecule has 0 bridgehead atoms. The van der Waals surface area contributed by atoms with E-state index in [0.29, 0.717) is 28.0 Å². The molecule has 0 saturated heterocycles. The Bertz CT molecular complexity index is 1440. The summed E-state index contributed by atoms with van der Waals surface area (Å²) < 4.78 is 45.2. The summed E-state index contributed by atoms with van der Waals surface area (Å²) >= 11 is 0. The van der Waals surface area contributed by atoms with Crippen LogP contribution in [0.5, 0.6) is 0 Å². The second-order valence-electron chi connectivity index (χ2n) is 8.09. The number of benzene rings is 1. The topological polar surface area (TPSA) is 69.8 Å². The third-order valence-corrected chi connectivity index (χ3v) is 7.93. The highest BCUT2D eigenvalue weighted by molar-refractivity contribution is 7.90. The standard InChI is InChI=1S/C23H23FN4O2S/c1-4-15-9-10-17-20(15)13-28(22(17)18-7-5-6-8-21(18)24)31(29,30)16-11-19-14(2)26-27(3)23(19)25-12-16/h5-8,11-13,15H,4,9-10H2,1-3H3. The van der Waals surface area contributed by atoms with Gasteiger partial charge in [0.15, 0.2) is 5.65 Å². The monoisotopic (exact) mass is 438 g/mol. The summed E-state index contributed by atoms with van der Waals surface area (Å²) in [5.74, 6) is -0.158. The average molecular weight is 439 g/mol. The van der Waals surface area contributed by atoms with Crippen molar-refractivity contribution in [1.82, 2.24) is 18.7 Å². The molecule has 6 nitrogen and oxygen atoms in total. The molecule has 0 radical (unpaired) electrons. The number of pyridine rings is 1. The minimum Gasteiger partial charge on any atom is -0.250 e. The van der Waals surface area contributed by atoms with Crippen molar-refractivity contribution in [2.45, 2.75) is 43.9 Å². The van der Waals surface area contributed by atoms with E-state index in [9.17, 15) is 12.8 Å². The number of hydrogen-bond donors (Lipinski definition) is 0. The Morgan fingerprint density at radius 3 is 2.77 bits per heavy atom. The lowest BCUT2D eigenvalue weighted by Crippen LogP contribution is -2.15. The first-order valence-electron chi connectivity index (χ1n) is 10.4. The van der Waals surface area contributed by atoms with Crippen LogP contribution in [0.4, 0.5) is 4.39 Å². The zero-order valence-electron chi connectivity index (χ0n) is 17.6. The molecule has 5 rings (SSSR count). The lowest BCUT2D eigenvalue weighted by Gasteiger charge is -2.13. The first-order chi connectivity index (χ1) is 14.8. The Morgan fingerprint density at radius 1 is 1.26 bits per heavy atom. The second-order valence-corrected chi connectivity index (χ2v) is 9.90. The van der Waals surface area contributed by atoms with Gasteiger partial charge in [0.05, 0.1) is 11.4 Å². The fraction of sp³-hybridized carbons (Fsp3) is 0.304. The molecule has 160 valence electrons. The summed E-state index contributed by atoms with van der Waals surface area (Å²) in [5.41, 5.74) is 3.97. The molecule has 0 spiro atoms. The maximum atomic E-state index is 14.8. The van der Waals surface area contributed by atoms with Gasteiger partial charge in [-0.1, -0.05) is 19.1 Å². The van der Waals surface area contributed by atoms with Gasteiger partial charge in [-0.15, -0.1) is 0 Å². The highest BCUT2D eigenvalue weighted by Gasteiger charge is 2.33. The molecule has 3 aromatic heterocycles. The summed E-state index contributed by atoms with van der Waals surface area (Å²) in [6, 6.07) is 7.95. The highest BCUT2D eigenvalue weighted by Crippen LogP contribution is 2.44. The Morgan fingerprint density at radius 2 is 2.03 bits per heavy atom. The summed E-state index contributed by atoms with van der Waals surface area (Å²) in [7, 11) is -2.22. The first-order valence-corrected chi connectivity index (χ1v) is 11.8. The Balaban J connectivity index is 1.77. The third-order valence-electron chi connectivity index (χ3n) is 6.31. The van der Waals surface area contributed by atoms with Gasteiger partial charge in [0.2, 0.25) is 0 Å². The van der Waals surface area contributed by atoms with Crippen LogP contribution in [-0.2, 0) is 23.5 Å². The number of fused-ring (bicyclic) bond motifs is 2. The predicted octanol–water partition coefficient (Wildman–Crippen LogP) is 4.56. The van der Waals surface area contributed by atoms with Gasteiger partial charge in [-0.2, -0.15) is 5.10 Å². The van der Waals surface area contributed by atoms with Gasteiger partial charge in [-0.3, -0.25) is 4.68 Å². The van der Waals surface area contributed by atoms with E-state index in [-0.39, 0.29) is 10.8 Å². The van der Waals surface area contributed by atoms with Gasteiger partial charge in [-0.25, -0.2) is 21.8 Å². The summed E-state index contributed by atoms with van der Waals surface area (Å²) in [6.45, 7) is 3.92. The van der Waals surface area contributed by atoms with Crippen LogP contribution in [0.1, 0.15) is 42.5 Å². The van der Waals surface area contributed by atoms with Gasteiger partial charge in [0.25, 0.3) is 10.0 Å². The van der Waals surface area contributed by atoms with Crippen molar-refractivity contribution in [3.05, 3.63) is 65.4 Å². The molecule has 31 heavy (non-hydrogen) atoms. The van der Waals surface area contributed by atoms with Crippen molar-refractivity contribution < 1.29 is 12.8 Å². The number of aryl methyl sites for hydroxylation is 2. The van der Waals surface area contributed by atoms with Crippen LogP contribution in [0.15, 0.2) is 47.6 Å². The van der Waals surface area contributed by atoms with E-state index in [0.717, 1.165) is 30.4 Å². The summed E-state index contributed by atoms with van der Waals surface area (Å²) in [4.78, 5) is 4.41. The average Bonchev–Trinajstić information content (AvgIpc) is 3.40. The van der Waals surface area contributed by atoms with Crippen molar-refractivity contribution in [3.63, 3.8) is 0 Å². The first kappa shape index (κ1) is 19.9. The molecule has 0 aliphatic heterocycles. The van der Waals surface area contributed by atoms with Crippen molar-refractivity contribution in [1.29, 1.82) is 0 Å². The lowest BCUT2D eigenvalue weighted by atomic mass is 10.0. The van der Waals surface area contributed by atoms with E-state index in [1.807, 2.05) is 6.92 Å². The van der Waals surface area contributed by atoms with E-state index < -0.39 is 15.8 Å². The van der Waals surface area contributed by atoms with Crippen LogP contribution in [0.25, 0.3) is 22.3 Å². The maximum Gasteiger partial charge on any atom is 0.269 e. The van der Waals surface area contributed by atoms with Gasteiger partial charge in [0, 0.05) is 30.4 Å². The lowest BCUT2D eigenvalue weighted by molar-refractivity contribution is 0.586. The SMILES string of the molecule is CCC1CCc2c1cn(S(=O)(=O)c1cnc3c(c1)c(C)nn3C)c2-c1ccccc1F. The predicted molar refractivity (Wildman–Crippen MR) is 117 cm³/mol. The van der Waals surface area contributed by atoms with E-state index >= 15 is 0 Å². The van der Waals surface area contributed by atoms with Gasteiger partial charge >= 0.3 is 0 Å². The second kappa shape index (κ2) is 7.02. The molecule has 1 aliphatic rings. The van der Waals surface area contributed by atoms with Crippen molar-refractivity contribution in [2.75, 3.05) is 0 Å². The quantitative estimate of drug-likeness (QED) is 0.468. The molecule has 1 atom stereocenters. The maximum absolute atomic E-state index is 14.8. The van der Waals surface area contributed by atoms with Gasteiger partial charge in [0.1, 0.15) is 10.7 Å². The fourth-order valence-corrected chi connectivity index (χ4v) is 6.10. The molecule has 0 fully saturated rings. The molecule has 1 unspecified atom stereocenters. The van der Waals surface area contributed by atoms with Crippen LogP contribution in [-0.4, -0.2) is 27.2 Å². The highest BCUT2D eigenvalue weighted by atomic mass is 32.2. The van der Waals surface area contributed by atoms with Gasteiger partial charge in [-0.05, 0) is 61.4 Å². The Labute approximate surface area is 180 Å². The summed E-state index contributed by atoms with van der Waals surface area (Å²) in [5, 5.41) is 5.01. The minimum atomic E-state index is -3.99. The number of hydrogen-bond acceptors (Lipinski definition) is 4. The van der Waals surface area contributed by atoms with Crippen molar-refractivity contribution in [2.24, 2.45) is 7.05 Å². The number of halogens is 1. The molecule has 0 N–H and O–H groups in total. The van der Waals surface area contributed by atoms with E-state index in [1.54, 1.807) is 42.2 Å². The fourth-order valence-electron chi connectivity index (χ4n) is 4.72. The smallest absolute Gasteiger partial charge is 0.250 e. The molecular weight excluding hydrogens is 415 g/mol.